The molecule has 0 spiro atoms. The summed E-state index contributed by atoms with van der Waals surface area (Å²) in [5.41, 5.74) is 1.05. The van der Waals surface area contributed by atoms with Crippen LogP contribution in [0.5, 0.6) is 5.75 Å². The minimum Gasteiger partial charge on any atom is -0.492 e. The maximum atomic E-state index is 13.8. The lowest BCUT2D eigenvalue weighted by atomic mass is 9.99. The van der Waals surface area contributed by atoms with Crippen molar-refractivity contribution in [2.24, 2.45) is 0 Å². The molecule has 0 saturated heterocycles. The zero-order valence-corrected chi connectivity index (χ0v) is 11.8. The normalized spacial score (nSPS) is 12.9. The Morgan fingerprint density at radius 1 is 1.10 bits per heavy atom. The van der Waals surface area contributed by atoms with Gasteiger partial charge in [-0.3, -0.25) is 4.79 Å². The zero-order chi connectivity index (χ0) is 14.3. The first kappa shape index (κ1) is 13.4. The molecule has 3 rings (SSSR count). The molecule has 5 heteroatoms. The number of fused-ring (bicyclic) bond motifs is 1. The van der Waals surface area contributed by atoms with Crippen molar-refractivity contribution in [1.29, 1.82) is 0 Å². The van der Waals surface area contributed by atoms with Gasteiger partial charge in [-0.15, -0.1) is 0 Å². The predicted octanol–water partition coefficient (Wildman–Crippen LogP) is 4.30. The van der Waals surface area contributed by atoms with Crippen LogP contribution in [-0.2, 0) is 6.42 Å². The summed E-state index contributed by atoms with van der Waals surface area (Å²) in [5, 5.41) is 0.731. The minimum atomic E-state index is -0.619. The van der Waals surface area contributed by atoms with E-state index in [0.29, 0.717) is 28.8 Å². The fourth-order valence-corrected chi connectivity index (χ4v) is 2.67. The minimum absolute atomic E-state index is 0.0857. The third-order valence-electron chi connectivity index (χ3n) is 3.17. The van der Waals surface area contributed by atoms with Crippen LogP contribution >= 0.6 is 23.2 Å². The van der Waals surface area contributed by atoms with E-state index >= 15 is 0 Å². The summed E-state index contributed by atoms with van der Waals surface area (Å²) in [7, 11) is 0. The Balaban J connectivity index is 2.14. The summed E-state index contributed by atoms with van der Waals surface area (Å²) in [6, 6.07) is 7.12. The molecule has 1 aliphatic rings. The Bertz CT molecular complexity index is 713. The van der Waals surface area contributed by atoms with Gasteiger partial charge in [-0.05, 0) is 35.9 Å². The molecule has 0 N–H and O–H groups in total. The molecule has 2 nitrogen and oxygen atoms in total. The number of halogens is 3. The molecule has 0 fully saturated rings. The molecule has 2 aromatic carbocycles. The lowest BCUT2D eigenvalue weighted by molar-refractivity contribution is 0.103. The fourth-order valence-electron chi connectivity index (χ4n) is 2.25. The molecule has 0 aromatic heterocycles. The van der Waals surface area contributed by atoms with Crippen LogP contribution in [0.15, 0.2) is 30.3 Å². The Morgan fingerprint density at radius 2 is 1.85 bits per heavy atom. The quantitative estimate of drug-likeness (QED) is 0.773. The van der Waals surface area contributed by atoms with Crippen molar-refractivity contribution in [3.63, 3.8) is 0 Å². The summed E-state index contributed by atoms with van der Waals surface area (Å²) in [6.07, 6.45) is 0.689. The first-order chi connectivity index (χ1) is 9.56. The second-order valence-corrected chi connectivity index (χ2v) is 5.37. The van der Waals surface area contributed by atoms with E-state index in [0.717, 1.165) is 5.56 Å². The van der Waals surface area contributed by atoms with Gasteiger partial charge >= 0.3 is 0 Å². The average molecular weight is 311 g/mol. The maximum absolute atomic E-state index is 13.8. The number of ether oxygens (including phenoxy) is 1. The Hall–Kier alpha value is -1.58. The summed E-state index contributed by atoms with van der Waals surface area (Å²) >= 11 is 11.8. The maximum Gasteiger partial charge on any atom is 0.199 e. The van der Waals surface area contributed by atoms with Crippen molar-refractivity contribution in [2.75, 3.05) is 6.61 Å². The van der Waals surface area contributed by atoms with Crippen LogP contribution in [0.1, 0.15) is 21.5 Å². The molecular weight excluding hydrogens is 302 g/mol. The number of hydrogen-bond acceptors (Lipinski definition) is 2. The highest BCUT2D eigenvalue weighted by molar-refractivity contribution is 6.32. The number of ketones is 1. The molecule has 0 bridgehead atoms. The average Bonchev–Trinajstić information content (AvgIpc) is 2.87. The molecule has 1 heterocycles. The number of rotatable bonds is 2. The van der Waals surface area contributed by atoms with Gasteiger partial charge < -0.3 is 4.74 Å². The summed E-state index contributed by atoms with van der Waals surface area (Å²) in [5.74, 6) is -0.615. The molecule has 0 amide bonds. The van der Waals surface area contributed by atoms with E-state index in [1.165, 1.54) is 24.3 Å². The van der Waals surface area contributed by atoms with Crippen molar-refractivity contribution in [2.45, 2.75) is 6.42 Å². The fraction of sp³-hybridized carbons (Fsp3) is 0.133. The van der Waals surface area contributed by atoms with Crippen molar-refractivity contribution in [3.05, 3.63) is 62.9 Å². The molecule has 1 aliphatic heterocycles. The van der Waals surface area contributed by atoms with E-state index in [4.69, 9.17) is 27.9 Å². The van der Waals surface area contributed by atoms with Crippen LogP contribution in [0, 0.1) is 5.82 Å². The van der Waals surface area contributed by atoms with Gasteiger partial charge in [0.2, 0.25) is 0 Å². The van der Waals surface area contributed by atoms with Crippen LogP contribution in [-0.4, -0.2) is 12.4 Å². The van der Waals surface area contributed by atoms with Gasteiger partial charge in [-0.25, -0.2) is 4.39 Å². The topological polar surface area (TPSA) is 26.3 Å². The van der Waals surface area contributed by atoms with Crippen molar-refractivity contribution in [3.8, 4) is 5.75 Å². The molecule has 2 aromatic rings. The number of carbonyl (C=O) groups excluding carboxylic acids is 1. The van der Waals surface area contributed by atoms with Crippen LogP contribution in [0.25, 0.3) is 0 Å². The highest BCUT2D eigenvalue weighted by Crippen LogP contribution is 2.34. The van der Waals surface area contributed by atoms with Crippen molar-refractivity contribution < 1.29 is 13.9 Å². The molecule has 0 aliphatic carbocycles. The highest BCUT2D eigenvalue weighted by Gasteiger charge is 2.24. The van der Waals surface area contributed by atoms with Gasteiger partial charge in [0.05, 0.1) is 17.7 Å². The first-order valence-electron chi connectivity index (χ1n) is 6.01. The van der Waals surface area contributed by atoms with Gasteiger partial charge in [0.1, 0.15) is 11.6 Å². The molecule has 20 heavy (non-hydrogen) atoms. The largest absolute Gasteiger partial charge is 0.492 e. The van der Waals surface area contributed by atoms with E-state index in [2.05, 4.69) is 0 Å². The van der Waals surface area contributed by atoms with Gasteiger partial charge in [0, 0.05) is 16.5 Å². The summed E-state index contributed by atoms with van der Waals surface area (Å²) < 4.78 is 19.3. The standard InChI is InChI=1S/C15H9Cl2FO2/c16-9-1-2-13(18)11(6-9)14(19)12-7-10(17)5-8-3-4-20-15(8)12/h1-2,5-7H,3-4H2. The Kier molecular flexibility index (Phi) is 3.40. The Morgan fingerprint density at radius 3 is 2.65 bits per heavy atom. The summed E-state index contributed by atoms with van der Waals surface area (Å²) in [6.45, 7) is 0.494. The predicted molar refractivity (Wildman–Crippen MR) is 75.5 cm³/mol. The van der Waals surface area contributed by atoms with Gasteiger partial charge in [0.15, 0.2) is 5.78 Å². The van der Waals surface area contributed by atoms with Gasteiger partial charge in [0.25, 0.3) is 0 Å². The van der Waals surface area contributed by atoms with Crippen molar-refractivity contribution >= 4 is 29.0 Å². The lowest BCUT2D eigenvalue weighted by Gasteiger charge is -2.09. The third-order valence-corrected chi connectivity index (χ3v) is 3.62. The Labute approximate surface area is 125 Å². The van der Waals surface area contributed by atoms with E-state index < -0.39 is 11.6 Å². The van der Waals surface area contributed by atoms with Crippen LogP contribution < -0.4 is 4.74 Å². The smallest absolute Gasteiger partial charge is 0.199 e. The number of benzene rings is 2. The highest BCUT2D eigenvalue weighted by atomic mass is 35.5. The second kappa shape index (κ2) is 5.08. The molecule has 0 atom stereocenters. The monoisotopic (exact) mass is 310 g/mol. The van der Waals surface area contributed by atoms with Crippen molar-refractivity contribution in [1.82, 2.24) is 0 Å². The molecule has 102 valence electrons. The second-order valence-electron chi connectivity index (χ2n) is 4.49. The van der Waals surface area contributed by atoms with Crippen LogP contribution in [0.2, 0.25) is 10.0 Å². The molecular formula is C15H9Cl2FO2. The zero-order valence-electron chi connectivity index (χ0n) is 10.3. The SMILES string of the molecule is O=C(c1cc(Cl)ccc1F)c1cc(Cl)cc2c1OCC2. The molecule has 0 radical (unpaired) electrons. The van der Waals surface area contributed by atoms with E-state index in [1.807, 2.05) is 0 Å². The summed E-state index contributed by atoms with van der Waals surface area (Å²) in [4.78, 5) is 12.5. The van der Waals surface area contributed by atoms with Gasteiger partial charge in [-0.1, -0.05) is 23.2 Å². The van der Waals surface area contributed by atoms with Gasteiger partial charge in [-0.2, -0.15) is 0 Å². The number of hydrogen-bond donors (Lipinski definition) is 0. The lowest BCUT2D eigenvalue weighted by Crippen LogP contribution is -2.06. The first-order valence-corrected chi connectivity index (χ1v) is 6.77. The third kappa shape index (κ3) is 2.28. The molecule has 0 saturated carbocycles. The van der Waals surface area contributed by atoms with E-state index in [-0.39, 0.29) is 11.1 Å². The number of carbonyl (C=O) groups is 1. The molecule has 0 unspecified atom stereocenters. The van der Waals surface area contributed by atoms with Crippen LogP contribution in [0.3, 0.4) is 0 Å². The van der Waals surface area contributed by atoms with Crippen LogP contribution in [0.4, 0.5) is 4.39 Å². The van der Waals surface area contributed by atoms with E-state index in [9.17, 15) is 9.18 Å². The van der Waals surface area contributed by atoms with E-state index in [1.54, 1.807) is 6.07 Å².